The van der Waals surface area contributed by atoms with E-state index in [1.165, 1.54) is 0 Å². The molecular formula is C12H17N3O3. The van der Waals surface area contributed by atoms with E-state index in [2.05, 4.69) is 15.3 Å². The van der Waals surface area contributed by atoms with Crippen molar-refractivity contribution in [2.45, 2.75) is 26.8 Å². The van der Waals surface area contributed by atoms with Crippen molar-refractivity contribution in [2.75, 3.05) is 18.5 Å². The van der Waals surface area contributed by atoms with E-state index < -0.39 is 11.4 Å². The molecule has 1 aromatic rings. The van der Waals surface area contributed by atoms with Gasteiger partial charge in [0.05, 0.1) is 36.8 Å². The molecule has 0 spiro atoms. The minimum absolute atomic E-state index is 0.207. The van der Waals surface area contributed by atoms with Gasteiger partial charge in [-0.15, -0.1) is 0 Å². The maximum atomic E-state index is 11.3. The standard InChI is InChI=1S/C12H17N3O3/c1-7-8(2)14-10(4-13-7)15-9-5-18-6-12(9,3)11(16)17/h4,9H,5-6H2,1-3H3,(H,14,15)(H,16,17). The number of aryl methyl sites for hydroxylation is 2. The number of anilines is 1. The van der Waals surface area contributed by atoms with Crippen LogP contribution in [0.4, 0.5) is 5.82 Å². The molecule has 6 heteroatoms. The summed E-state index contributed by atoms with van der Waals surface area (Å²) < 4.78 is 5.27. The number of nitrogens with one attached hydrogen (secondary N) is 1. The molecule has 2 rings (SSSR count). The van der Waals surface area contributed by atoms with Gasteiger partial charge >= 0.3 is 5.97 Å². The maximum Gasteiger partial charge on any atom is 0.313 e. The van der Waals surface area contributed by atoms with E-state index in [4.69, 9.17) is 4.74 Å². The number of carbonyl (C=O) groups is 1. The van der Waals surface area contributed by atoms with Crippen molar-refractivity contribution < 1.29 is 14.6 Å². The summed E-state index contributed by atoms with van der Waals surface area (Å²) in [6, 6.07) is -0.300. The van der Waals surface area contributed by atoms with Crippen molar-refractivity contribution in [2.24, 2.45) is 5.41 Å². The summed E-state index contributed by atoms with van der Waals surface area (Å²) in [5.74, 6) is -0.282. The normalized spacial score (nSPS) is 27.2. The number of aromatic nitrogens is 2. The highest BCUT2D eigenvalue weighted by atomic mass is 16.5. The van der Waals surface area contributed by atoms with Crippen LogP contribution >= 0.6 is 0 Å². The minimum atomic E-state index is -0.930. The minimum Gasteiger partial charge on any atom is -0.481 e. The Morgan fingerprint density at radius 1 is 1.56 bits per heavy atom. The van der Waals surface area contributed by atoms with Crippen LogP contribution in [0.2, 0.25) is 0 Å². The van der Waals surface area contributed by atoms with Crippen LogP contribution < -0.4 is 5.32 Å². The predicted molar refractivity (Wildman–Crippen MR) is 65.5 cm³/mol. The van der Waals surface area contributed by atoms with Crippen LogP contribution in [-0.2, 0) is 9.53 Å². The van der Waals surface area contributed by atoms with E-state index in [0.29, 0.717) is 12.4 Å². The molecule has 1 aliphatic rings. The van der Waals surface area contributed by atoms with Crippen molar-refractivity contribution in [1.82, 2.24) is 9.97 Å². The quantitative estimate of drug-likeness (QED) is 0.833. The smallest absolute Gasteiger partial charge is 0.313 e. The number of carboxylic acid groups (broad SMARTS) is 1. The SMILES string of the molecule is Cc1ncc(NC2COCC2(C)C(=O)O)nc1C. The first-order chi connectivity index (χ1) is 8.43. The molecule has 2 N–H and O–H groups in total. The largest absolute Gasteiger partial charge is 0.481 e. The highest BCUT2D eigenvalue weighted by Crippen LogP contribution is 2.30. The Balaban J connectivity index is 2.18. The van der Waals surface area contributed by atoms with Gasteiger partial charge in [0, 0.05) is 0 Å². The number of hydrogen-bond acceptors (Lipinski definition) is 5. The molecule has 0 radical (unpaired) electrons. The van der Waals surface area contributed by atoms with E-state index in [-0.39, 0.29) is 12.6 Å². The third-order valence-electron chi connectivity index (χ3n) is 3.46. The molecule has 2 atom stereocenters. The van der Waals surface area contributed by atoms with Gasteiger partial charge in [-0.3, -0.25) is 9.78 Å². The molecule has 0 aliphatic carbocycles. The molecule has 2 heterocycles. The van der Waals surface area contributed by atoms with Gasteiger partial charge in [0.1, 0.15) is 11.2 Å². The zero-order chi connectivity index (χ0) is 13.3. The molecule has 6 nitrogen and oxygen atoms in total. The Morgan fingerprint density at radius 3 is 2.89 bits per heavy atom. The first-order valence-electron chi connectivity index (χ1n) is 5.81. The predicted octanol–water partition coefficient (Wildman–Crippen LogP) is 0.995. The Hall–Kier alpha value is -1.69. The second kappa shape index (κ2) is 4.53. The molecule has 1 aromatic heterocycles. The van der Waals surface area contributed by atoms with Gasteiger partial charge in [0.2, 0.25) is 0 Å². The molecule has 1 saturated heterocycles. The first kappa shape index (κ1) is 12.8. The number of carboxylic acids is 1. The molecule has 0 aromatic carbocycles. The van der Waals surface area contributed by atoms with Gasteiger partial charge in [-0.1, -0.05) is 0 Å². The highest BCUT2D eigenvalue weighted by Gasteiger charge is 2.46. The molecule has 98 valence electrons. The number of nitrogens with zero attached hydrogens (tertiary/aromatic N) is 2. The Morgan fingerprint density at radius 2 is 2.28 bits per heavy atom. The second-order valence-corrected chi connectivity index (χ2v) is 4.86. The first-order valence-corrected chi connectivity index (χ1v) is 5.81. The Labute approximate surface area is 105 Å². The topological polar surface area (TPSA) is 84.3 Å². The van der Waals surface area contributed by atoms with Crippen LogP contribution in [0.25, 0.3) is 0 Å². The molecular weight excluding hydrogens is 234 g/mol. The van der Waals surface area contributed by atoms with Gasteiger partial charge in [0.25, 0.3) is 0 Å². The van der Waals surface area contributed by atoms with Gasteiger partial charge in [-0.05, 0) is 20.8 Å². The summed E-state index contributed by atoms with van der Waals surface area (Å²) in [6.07, 6.45) is 1.61. The third-order valence-corrected chi connectivity index (χ3v) is 3.46. The van der Waals surface area contributed by atoms with Crippen LogP contribution in [-0.4, -0.2) is 40.3 Å². The van der Waals surface area contributed by atoms with E-state index in [0.717, 1.165) is 11.4 Å². The summed E-state index contributed by atoms with van der Waals surface area (Å²) >= 11 is 0. The summed E-state index contributed by atoms with van der Waals surface area (Å²) in [5.41, 5.74) is 0.765. The molecule has 1 aliphatic heterocycles. The highest BCUT2D eigenvalue weighted by molar-refractivity contribution is 5.76. The molecule has 18 heavy (non-hydrogen) atoms. The van der Waals surface area contributed by atoms with Crippen molar-refractivity contribution in [3.05, 3.63) is 17.6 Å². The lowest BCUT2D eigenvalue weighted by atomic mass is 9.85. The van der Waals surface area contributed by atoms with Gasteiger partial charge in [0.15, 0.2) is 0 Å². The fourth-order valence-corrected chi connectivity index (χ4v) is 1.87. The number of hydrogen-bond donors (Lipinski definition) is 2. The monoisotopic (exact) mass is 251 g/mol. The van der Waals surface area contributed by atoms with E-state index in [1.54, 1.807) is 13.1 Å². The van der Waals surface area contributed by atoms with E-state index in [9.17, 15) is 9.90 Å². The summed E-state index contributed by atoms with van der Waals surface area (Å²) in [5, 5.41) is 12.4. The van der Waals surface area contributed by atoms with Crippen molar-refractivity contribution in [3.63, 3.8) is 0 Å². The van der Waals surface area contributed by atoms with Crippen LogP contribution in [0, 0.1) is 19.3 Å². The van der Waals surface area contributed by atoms with E-state index >= 15 is 0 Å². The molecule has 2 unspecified atom stereocenters. The molecule has 0 saturated carbocycles. The lowest BCUT2D eigenvalue weighted by Gasteiger charge is -2.25. The average molecular weight is 251 g/mol. The van der Waals surface area contributed by atoms with Crippen molar-refractivity contribution >= 4 is 11.8 Å². The zero-order valence-electron chi connectivity index (χ0n) is 10.7. The lowest BCUT2D eigenvalue weighted by molar-refractivity contribution is -0.148. The van der Waals surface area contributed by atoms with Crippen LogP contribution in [0.5, 0.6) is 0 Å². The molecule has 1 fully saturated rings. The van der Waals surface area contributed by atoms with Crippen LogP contribution in [0.1, 0.15) is 18.3 Å². The fourth-order valence-electron chi connectivity index (χ4n) is 1.87. The molecule has 0 bridgehead atoms. The van der Waals surface area contributed by atoms with Crippen molar-refractivity contribution in [3.8, 4) is 0 Å². The van der Waals surface area contributed by atoms with Gasteiger partial charge in [-0.25, -0.2) is 4.98 Å². The number of aliphatic carboxylic acids is 1. The number of rotatable bonds is 3. The van der Waals surface area contributed by atoms with Gasteiger partial charge in [-0.2, -0.15) is 0 Å². The second-order valence-electron chi connectivity index (χ2n) is 4.86. The maximum absolute atomic E-state index is 11.3. The lowest BCUT2D eigenvalue weighted by Crippen LogP contribution is -2.43. The Bertz CT molecular complexity index is 478. The summed E-state index contributed by atoms with van der Waals surface area (Å²) in [7, 11) is 0. The van der Waals surface area contributed by atoms with Crippen molar-refractivity contribution in [1.29, 1.82) is 0 Å². The zero-order valence-corrected chi connectivity index (χ0v) is 10.7. The molecule has 0 amide bonds. The average Bonchev–Trinajstić information content (AvgIpc) is 2.67. The third kappa shape index (κ3) is 2.15. The van der Waals surface area contributed by atoms with Crippen LogP contribution in [0.3, 0.4) is 0 Å². The number of ether oxygens (including phenoxy) is 1. The van der Waals surface area contributed by atoms with E-state index in [1.807, 2.05) is 13.8 Å². The Kier molecular flexibility index (Phi) is 3.21. The summed E-state index contributed by atoms with van der Waals surface area (Å²) in [4.78, 5) is 19.8. The summed E-state index contributed by atoms with van der Waals surface area (Å²) in [6.45, 7) is 5.99. The van der Waals surface area contributed by atoms with Gasteiger partial charge < -0.3 is 15.2 Å². The fraction of sp³-hybridized carbons (Fsp3) is 0.583. The van der Waals surface area contributed by atoms with Crippen LogP contribution in [0.15, 0.2) is 6.20 Å².